The number of hydrogen-bond donors (Lipinski definition) is 1. The van der Waals surface area contributed by atoms with E-state index in [0.29, 0.717) is 23.7 Å². The standard InChI is InChI=1S/C23H27ClN2O5S2/c1-31-23(28)20-16-8-4-5-9-19(16)32-22(20)25-21(27)17-14-15(10-11-18(17)24)33(29,30)26-12-6-2-3-7-13-26/h10-11,14H,2-9,12-13H2,1H3,(H,25,27). The lowest BCUT2D eigenvalue weighted by Gasteiger charge is -2.20. The summed E-state index contributed by atoms with van der Waals surface area (Å²) in [6.45, 7) is 0.936. The lowest BCUT2D eigenvalue weighted by Crippen LogP contribution is -2.32. The van der Waals surface area contributed by atoms with Crippen molar-refractivity contribution in [1.29, 1.82) is 0 Å². The van der Waals surface area contributed by atoms with E-state index in [2.05, 4.69) is 5.32 Å². The van der Waals surface area contributed by atoms with Crippen LogP contribution in [0.5, 0.6) is 0 Å². The average molecular weight is 511 g/mol. The van der Waals surface area contributed by atoms with Gasteiger partial charge in [-0.15, -0.1) is 11.3 Å². The maximum absolute atomic E-state index is 13.2. The van der Waals surface area contributed by atoms with E-state index in [4.69, 9.17) is 16.3 Å². The topological polar surface area (TPSA) is 92.8 Å². The number of ether oxygens (including phenoxy) is 1. The summed E-state index contributed by atoms with van der Waals surface area (Å²) in [4.78, 5) is 26.7. The molecule has 1 N–H and O–H groups in total. The van der Waals surface area contributed by atoms with E-state index in [1.165, 1.54) is 41.0 Å². The zero-order valence-corrected chi connectivity index (χ0v) is 20.9. The maximum atomic E-state index is 13.2. The summed E-state index contributed by atoms with van der Waals surface area (Å²) >= 11 is 7.66. The Hall–Kier alpha value is -1.94. The third-order valence-corrected chi connectivity index (χ3v) is 9.60. The smallest absolute Gasteiger partial charge is 0.341 e. The van der Waals surface area contributed by atoms with Gasteiger partial charge < -0.3 is 10.1 Å². The van der Waals surface area contributed by atoms with Crippen molar-refractivity contribution >= 4 is 49.8 Å². The largest absolute Gasteiger partial charge is 0.465 e. The molecule has 2 aliphatic rings. The van der Waals surface area contributed by atoms with Gasteiger partial charge in [-0.3, -0.25) is 4.79 Å². The Labute approximate surface area is 203 Å². The Morgan fingerprint density at radius 3 is 2.45 bits per heavy atom. The number of nitrogens with one attached hydrogen (secondary N) is 1. The Balaban J connectivity index is 1.65. The van der Waals surface area contributed by atoms with Gasteiger partial charge in [-0.2, -0.15) is 4.31 Å². The molecule has 2 heterocycles. The number of carbonyl (C=O) groups is 2. The molecule has 1 aliphatic carbocycles. The van der Waals surface area contributed by atoms with Crippen molar-refractivity contribution in [3.63, 3.8) is 0 Å². The van der Waals surface area contributed by atoms with Crippen molar-refractivity contribution in [3.05, 3.63) is 44.8 Å². The first-order valence-electron chi connectivity index (χ1n) is 11.2. The predicted molar refractivity (Wildman–Crippen MR) is 129 cm³/mol. The number of aryl methyl sites for hydroxylation is 1. The lowest BCUT2D eigenvalue weighted by molar-refractivity contribution is 0.0601. The molecule has 1 fully saturated rings. The van der Waals surface area contributed by atoms with Gasteiger partial charge in [0.25, 0.3) is 5.91 Å². The van der Waals surface area contributed by atoms with Crippen molar-refractivity contribution in [2.24, 2.45) is 0 Å². The van der Waals surface area contributed by atoms with Gasteiger partial charge in [-0.25, -0.2) is 13.2 Å². The predicted octanol–water partition coefficient (Wildman–Crippen LogP) is 4.88. The summed E-state index contributed by atoms with van der Waals surface area (Å²) in [5.74, 6) is -1.05. The molecule has 2 aromatic rings. The van der Waals surface area contributed by atoms with Gasteiger partial charge in [0, 0.05) is 18.0 Å². The summed E-state index contributed by atoms with van der Waals surface area (Å²) in [5, 5.41) is 3.35. The molecule has 0 atom stereocenters. The number of hydrogen-bond acceptors (Lipinski definition) is 6. The van der Waals surface area contributed by atoms with Crippen LogP contribution in [0, 0.1) is 0 Å². The summed E-state index contributed by atoms with van der Waals surface area (Å²) in [6.07, 6.45) is 7.27. The first kappa shape index (κ1) is 24.2. The summed E-state index contributed by atoms with van der Waals surface area (Å²) in [7, 11) is -2.42. The Morgan fingerprint density at radius 2 is 1.76 bits per heavy atom. The zero-order valence-electron chi connectivity index (χ0n) is 18.5. The number of amides is 1. The number of thiophene rings is 1. The van der Waals surface area contributed by atoms with Gasteiger partial charge in [0.2, 0.25) is 10.0 Å². The molecular formula is C23H27ClN2O5S2. The minimum absolute atomic E-state index is 0.0395. The molecule has 0 saturated carbocycles. The molecule has 1 aromatic heterocycles. The number of carbonyl (C=O) groups excluding carboxylic acids is 2. The fourth-order valence-corrected chi connectivity index (χ4v) is 7.43. The highest BCUT2D eigenvalue weighted by atomic mass is 35.5. The van der Waals surface area contributed by atoms with Crippen LogP contribution in [-0.2, 0) is 27.6 Å². The van der Waals surface area contributed by atoms with Crippen LogP contribution in [0.4, 0.5) is 5.00 Å². The average Bonchev–Trinajstić information content (AvgIpc) is 2.96. The molecule has 4 rings (SSSR count). The highest BCUT2D eigenvalue weighted by Gasteiger charge is 2.29. The third-order valence-electron chi connectivity index (χ3n) is 6.17. The molecule has 0 radical (unpaired) electrons. The Bertz CT molecular complexity index is 1170. The number of nitrogens with zero attached hydrogens (tertiary/aromatic N) is 1. The van der Waals surface area contributed by atoms with Crippen LogP contribution in [0.15, 0.2) is 23.1 Å². The monoisotopic (exact) mass is 510 g/mol. The van der Waals surface area contributed by atoms with E-state index < -0.39 is 21.9 Å². The molecule has 10 heteroatoms. The van der Waals surface area contributed by atoms with Crippen LogP contribution >= 0.6 is 22.9 Å². The molecule has 1 aromatic carbocycles. The molecule has 178 valence electrons. The van der Waals surface area contributed by atoms with Crippen LogP contribution in [0.2, 0.25) is 5.02 Å². The van der Waals surface area contributed by atoms with Crippen LogP contribution in [0.25, 0.3) is 0 Å². The minimum atomic E-state index is -3.74. The number of fused-ring (bicyclic) bond motifs is 1. The van der Waals surface area contributed by atoms with E-state index in [-0.39, 0.29) is 15.5 Å². The van der Waals surface area contributed by atoms with E-state index >= 15 is 0 Å². The van der Waals surface area contributed by atoms with Gasteiger partial charge in [-0.05, 0) is 62.3 Å². The Morgan fingerprint density at radius 1 is 1.06 bits per heavy atom. The molecule has 0 spiro atoms. The third kappa shape index (κ3) is 4.96. The molecule has 1 aliphatic heterocycles. The molecule has 0 bridgehead atoms. The lowest BCUT2D eigenvalue weighted by atomic mass is 9.95. The zero-order chi connectivity index (χ0) is 23.6. The van der Waals surface area contributed by atoms with Crippen LogP contribution < -0.4 is 5.32 Å². The second-order valence-electron chi connectivity index (χ2n) is 8.32. The second-order valence-corrected chi connectivity index (χ2v) is 11.8. The van der Waals surface area contributed by atoms with E-state index in [0.717, 1.165) is 61.8 Å². The number of sulfonamides is 1. The quantitative estimate of drug-likeness (QED) is 0.578. The van der Waals surface area contributed by atoms with Crippen LogP contribution in [-0.4, -0.2) is 44.8 Å². The van der Waals surface area contributed by atoms with Crippen molar-refractivity contribution in [1.82, 2.24) is 4.31 Å². The van der Waals surface area contributed by atoms with Crippen molar-refractivity contribution < 1.29 is 22.7 Å². The van der Waals surface area contributed by atoms with Crippen LogP contribution in [0.3, 0.4) is 0 Å². The van der Waals surface area contributed by atoms with E-state index in [1.807, 2.05) is 0 Å². The fraction of sp³-hybridized carbons (Fsp3) is 0.478. The SMILES string of the molecule is COC(=O)c1c(NC(=O)c2cc(S(=O)(=O)N3CCCCCC3)ccc2Cl)sc2c1CCCC2. The van der Waals surface area contributed by atoms with Crippen molar-refractivity contribution in [2.75, 3.05) is 25.5 Å². The number of methoxy groups -OCH3 is 1. The number of benzene rings is 1. The van der Waals surface area contributed by atoms with E-state index in [1.54, 1.807) is 0 Å². The number of halogens is 1. The fourth-order valence-electron chi connectivity index (χ4n) is 4.41. The minimum Gasteiger partial charge on any atom is -0.465 e. The van der Waals surface area contributed by atoms with Crippen molar-refractivity contribution in [2.45, 2.75) is 56.3 Å². The van der Waals surface area contributed by atoms with Gasteiger partial charge >= 0.3 is 5.97 Å². The second kappa shape index (κ2) is 10.1. The molecular weight excluding hydrogens is 484 g/mol. The van der Waals surface area contributed by atoms with Gasteiger partial charge in [0.15, 0.2) is 0 Å². The normalized spacial score (nSPS) is 17.2. The molecule has 7 nitrogen and oxygen atoms in total. The van der Waals surface area contributed by atoms with Gasteiger partial charge in [-0.1, -0.05) is 24.4 Å². The maximum Gasteiger partial charge on any atom is 0.341 e. The molecule has 33 heavy (non-hydrogen) atoms. The van der Waals surface area contributed by atoms with E-state index in [9.17, 15) is 18.0 Å². The number of anilines is 1. The first-order chi connectivity index (χ1) is 15.8. The number of rotatable bonds is 5. The molecule has 1 saturated heterocycles. The highest BCUT2D eigenvalue weighted by molar-refractivity contribution is 7.89. The summed E-state index contributed by atoms with van der Waals surface area (Å²) < 4.78 is 32.8. The van der Waals surface area contributed by atoms with Crippen LogP contribution in [0.1, 0.15) is 69.7 Å². The van der Waals surface area contributed by atoms with Crippen molar-refractivity contribution in [3.8, 4) is 0 Å². The first-order valence-corrected chi connectivity index (χ1v) is 13.8. The molecule has 1 amide bonds. The molecule has 0 unspecified atom stereocenters. The Kier molecular flexibility index (Phi) is 7.43. The summed E-state index contributed by atoms with van der Waals surface area (Å²) in [5.41, 5.74) is 1.36. The summed E-state index contributed by atoms with van der Waals surface area (Å²) in [6, 6.07) is 4.19. The number of esters is 1. The van der Waals surface area contributed by atoms with Gasteiger partial charge in [0.1, 0.15) is 5.00 Å². The highest BCUT2D eigenvalue weighted by Crippen LogP contribution is 2.39. The van der Waals surface area contributed by atoms with Gasteiger partial charge in [0.05, 0.1) is 28.2 Å².